The molecule has 0 fully saturated rings. The Labute approximate surface area is 208 Å². The van der Waals surface area contributed by atoms with Gasteiger partial charge in [-0.1, -0.05) is 60.7 Å². The third kappa shape index (κ3) is 5.55. The Morgan fingerprint density at radius 1 is 0.833 bits per heavy atom. The van der Waals surface area contributed by atoms with Crippen molar-refractivity contribution in [2.24, 2.45) is 11.5 Å². The smallest absolute Gasteiger partial charge is 0.255 e. The van der Waals surface area contributed by atoms with Gasteiger partial charge in [0.05, 0.1) is 12.1 Å². The van der Waals surface area contributed by atoms with Crippen molar-refractivity contribution in [3.63, 3.8) is 0 Å². The molecule has 0 aliphatic rings. The van der Waals surface area contributed by atoms with Crippen LogP contribution in [0.15, 0.2) is 77.6 Å². The molecular weight excluding hydrogens is 458 g/mol. The Kier molecular flexibility index (Phi) is 7.34. The quantitative estimate of drug-likeness (QED) is 0.357. The van der Waals surface area contributed by atoms with Gasteiger partial charge in [0.25, 0.3) is 17.4 Å². The number of amides is 2. The number of hydrogen-bond acceptors (Lipinski definition) is 5. The Morgan fingerprint density at radius 3 is 2.03 bits per heavy atom. The van der Waals surface area contributed by atoms with E-state index in [0.29, 0.717) is 35.2 Å². The topological polar surface area (TPSA) is 127 Å². The summed E-state index contributed by atoms with van der Waals surface area (Å²) in [6.07, 6.45) is 0.422. The lowest BCUT2D eigenvalue weighted by Gasteiger charge is -2.20. The van der Waals surface area contributed by atoms with Crippen LogP contribution in [0.2, 0.25) is 0 Å². The minimum Gasteiger partial charge on any atom is -0.484 e. The van der Waals surface area contributed by atoms with Crippen molar-refractivity contribution in [2.75, 3.05) is 13.2 Å². The molecule has 4 aromatic rings. The highest BCUT2D eigenvalue weighted by Gasteiger charge is 2.20. The van der Waals surface area contributed by atoms with Crippen LogP contribution in [0, 0.1) is 6.92 Å². The van der Waals surface area contributed by atoms with Gasteiger partial charge in [0.15, 0.2) is 13.2 Å². The van der Waals surface area contributed by atoms with E-state index in [4.69, 9.17) is 20.9 Å². The van der Waals surface area contributed by atoms with Crippen molar-refractivity contribution in [3.8, 4) is 11.5 Å². The van der Waals surface area contributed by atoms with Gasteiger partial charge < -0.3 is 25.5 Å². The van der Waals surface area contributed by atoms with E-state index in [-0.39, 0.29) is 24.5 Å². The highest BCUT2D eigenvalue weighted by Crippen LogP contribution is 2.35. The van der Waals surface area contributed by atoms with Gasteiger partial charge in [-0.15, -0.1) is 0 Å². The summed E-state index contributed by atoms with van der Waals surface area (Å²) in [4.78, 5) is 36.7. The standard InChI is InChI=1S/C28H27N3O5/c1-18-22(12-19-8-4-2-5-9-19)28(34)31(15-20-10-6-3-7-11-20)23-13-21(35-16-25(29)32)14-24(27(18)23)36-17-26(30)33/h2-11,13-14H,12,15-17H2,1H3,(H2,29,32)(H2,30,33). The largest absolute Gasteiger partial charge is 0.484 e. The van der Waals surface area contributed by atoms with Crippen molar-refractivity contribution in [3.05, 3.63) is 105 Å². The minimum absolute atomic E-state index is 0.152. The average molecular weight is 486 g/mol. The van der Waals surface area contributed by atoms with Crippen molar-refractivity contribution in [1.82, 2.24) is 4.57 Å². The molecule has 0 aliphatic carbocycles. The molecule has 4 rings (SSSR count). The Bertz CT molecular complexity index is 1460. The van der Waals surface area contributed by atoms with Crippen molar-refractivity contribution < 1.29 is 19.1 Å². The summed E-state index contributed by atoms with van der Waals surface area (Å²) in [5, 5.41) is 0.657. The lowest BCUT2D eigenvalue weighted by molar-refractivity contribution is -0.120. The van der Waals surface area contributed by atoms with Crippen molar-refractivity contribution >= 4 is 22.7 Å². The average Bonchev–Trinajstić information content (AvgIpc) is 2.87. The summed E-state index contributed by atoms with van der Waals surface area (Å²) < 4.78 is 13.0. The maximum Gasteiger partial charge on any atom is 0.255 e. The zero-order chi connectivity index (χ0) is 25.7. The van der Waals surface area contributed by atoms with Crippen LogP contribution >= 0.6 is 0 Å². The molecule has 0 aliphatic heterocycles. The van der Waals surface area contributed by atoms with Gasteiger partial charge in [0.1, 0.15) is 11.5 Å². The van der Waals surface area contributed by atoms with Crippen LogP contribution in [0.5, 0.6) is 11.5 Å². The SMILES string of the molecule is Cc1c(Cc2ccccc2)c(=O)n(Cc2ccccc2)c2cc(OCC(N)=O)cc(OCC(N)=O)c12. The number of aromatic nitrogens is 1. The van der Waals surface area contributed by atoms with E-state index in [1.165, 1.54) is 0 Å². The molecule has 0 saturated heterocycles. The molecule has 0 unspecified atom stereocenters. The van der Waals surface area contributed by atoms with Crippen LogP contribution in [0.25, 0.3) is 10.9 Å². The highest BCUT2D eigenvalue weighted by atomic mass is 16.5. The van der Waals surface area contributed by atoms with Gasteiger partial charge in [-0.2, -0.15) is 0 Å². The third-order valence-corrected chi connectivity index (χ3v) is 5.83. The molecule has 1 heterocycles. The molecule has 1 aromatic heterocycles. The molecule has 2 amide bonds. The van der Waals surface area contributed by atoms with Crippen LogP contribution in [-0.4, -0.2) is 29.6 Å². The number of rotatable bonds is 10. The van der Waals surface area contributed by atoms with Crippen LogP contribution in [0.1, 0.15) is 22.3 Å². The van der Waals surface area contributed by atoms with E-state index >= 15 is 0 Å². The first-order valence-corrected chi connectivity index (χ1v) is 11.4. The Balaban J connectivity index is 1.98. The Hall–Kier alpha value is -4.59. The van der Waals surface area contributed by atoms with Gasteiger partial charge in [-0.3, -0.25) is 14.4 Å². The summed E-state index contributed by atoms with van der Waals surface area (Å²) in [6, 6.07) is 22.6. The zero-order valence-corrected chi connectivity index (χ0v) is 19.9. The number of carbonyl (C=O) groups is 2. The molecule has 0 atom stereocenters. The predicted molar refractivity (Wildman–Crippen MR) is 137 cm³/mol. The second-order valence-electron chi connectivity index (χ2n) is 8.47. The highest BCUT2D eigenvalue weighted by molar-refractivity contribution is 5.91. The summed E-state index contributed by atoms with van der Waals surface area (Å²) >= 11 is 0. The number of aryl methyl sites for hydroxylation is 1. The maximum atomic E-state index is 13.9. The fourth-order valence-electron chi connectivity index (χ4n) is 4.18. The second-order valence-corrected chi connectivity index (χ2v) is 8.47. The fourth-order valence-corrected chi connectivity index (χ4v) is 4.18. The van der Waals surface area contributed by atoms with E-state index in [2.05, 4.69) is 0 Å². The molecule has 0 saturated carbocycles. The number of pyridine rings is 1. The molecule has 36 heavy (non-hydrogen) atoms. The van der Waals surface area contributed by atoms with Crippen LogP contribution < -0.4 is 26.5 Å². The van der Waals surface area contributed by atoms with Crippen LogP contribution in [0.4, 0.5) is 0 Å². The molecule has 3 aromatic carbocycles. The predicted octanol–water partition coefficient (Wildman–Crippen LogP) is 2.68. The molecular formula is C28H27N3O5. The molecule has 0 bridgehead atoms. The molecule has 4 N–H and O–H groups in total. The monoisotopic (exact) mass is 485 g/mol. The van der Waals surface area contributed by atoms with Crippen LogP contribution in [-0.2, 0) is 22.6 Å². The third-order valence-electron chi connectivity index (χ3n) is 5.83. The molecule has 8 heteroatoms. The summed E-state index contributed by atoms with van der Waals surface area (Å²) in [5.41, 5.74) is 14.2. The summed E-state index contributed by atoms with van der Waals surface area (Å²) in [7, 11) is 0. The molecule has 0 radical (unpaired) electrons. The lowest BCUT2D eigenvalue weighted by atomic mass is 9.97. The number of benzene rings is 3. The zero-order valence-electron chi connectivity index (χ0n) is 19.9. The van der Waals surface area contributed by atoms with Crippen LogP contribution in [0.3, 0.4) is 0 Å². The normalized spacial score (nSPS) is 10.8. The first-order chi connectivity index (χ1) is 17.3. The maximum absolute atomic E-state index is 13.9. The first-order valence-electron chi connectivity index (χ1n) is 11.4. The number of hydrogen-bond donors (Lipinski definition) is 2. The van der Waals surface area contributed by atoms with Gasteiger partial charge >= 0.3 is 0 Å². The Morgan fingerprint density at radius 2 is 1.42 bits per heavy atom. The van der Waals surface area contributed by atoms with Gasteiger partial charge in [-0.25, -0.2) is 0 Å². The van der Waals surface area contributed by atoms with E-state index in [0.717, 1.165) is 16.7 Å². The minimum atomic E-state index is -0.647. The second kappa shape index (κ2) is 10.8. The van der Waals surface area contributed by atoms with Gasteiger partial charge in [0.2, 0.25) is 0 Å². The van der Waals surface area contributed by atoms with E-state index in [1.54, 1.807) is 16.7 Å². The van der Waals surface area contributed by atoms with E-state index in [9.17, 15) is 14.4 Å². The number of fused-ring (bicyclic) bond motifs is 1. The van der Waals surface area contributed by atoms with Crippen molar-refractivity contribution in [2.45, 2.75) is 19.9 Å². The number of nitrogens with zero attached hydrogens (tertiary/aromatic N) is 1. The van der Waals surface area contributed by atoms with Crippen molar-refractivity contribution in [1.29, 1.82) is 0 Å². The fraction of sp³-hybridized carbons (Fsp3) is 0.179. The molecule has 8 nitrogen and oxygen atoms in total. The van der Waals surface area contributed by atoms with E-state index < -0.39 is 11.8 Å². The van der Waals surface area contributed by atoms with Gasteiger partial charge in [-0.05, 0) is 23.6 Å². The number of primary amides is 2. The summed E-state index contributed by atoms with van der Waals surface area (Å²) in [5.74, 6) is -0.700. The molecule has 184 valence electrons. The molecule has 0 spiro atoms. The lowest BCUT2D eigenvalue weighted by Crippen LogP contribution is -2.27. The number of ether oxygens (including phenoxy) is 2. The van der Waals surface area contributed by atoms with E-state index in [1.807, 2.05) is 67.6 Å². The van der Waals surface area contributed by atoms with Gasteiger partial charge in [0, 0.05) is 29.5 Å². The summed E-state index contributed by atoms with van der Waals surface area (Å²) in [6.45, 7) is 1.44. The number of carbonyl (C=O) groups excluding carboxylic acids is 2. The first kappa shape index (κ1) is 24.5. The number of nitrogens with two attached hydrogens (primary N) is 2.